The topological polar surface area (TPSA) is 35.8 Å². The minimum atomic E-state index is -0.178. The minimum Gasteiger partial charge on any atom is -0.312 e. The van der Waals surface area contributed by atoms with E-state index in [1.165, 1.54) is 17.5 Å². The second-order valence-electron chi connectivity index (χ2n) is 4.94. The Bertz CT molecular complexity index is 410. The van der Waals surface area contributed by atoms with Crippen molar-refractivity contribution >= 4 is 0 Å². The summed E-state index contributed by atoms with van der Waals surface area (Å²) in [6.07, 6.45) is 4.28. The van der Waals surface area contributed by atoms with Crippen LogP contribution in [-0.4, -0.2) is 7.05 Å². The molecule has 1 aromatic rings. The number of nitriles is 1. The predicted octanol–water partition coefficient (Wildman–Crippen LogP) is 3.20. The molecular formula is C15H20N2. The number of nitrogens with zero attached hydrogens (tertiary/aromatic N) is 1. The Morgan fingerprint density at radius 3 is 2.35 bits per heavy atom. The Morgan fingerprint density at radius 1 is 1.35 bits per heavy atom. The smallest absolute Gasteiger partial charge is 0.0768 e. The van der Waals surface area contributed by atoms with Crippen LogP contribution < -0.4 is 5.32 Å². The van der Waals surface area contributed by atoms with Crippen molar-refractivity contribution in [2.75, 3.05) is 7.05 Å². The van der Waals surface area contributed by atoms with Crippen LogP contribution in [0.15, 0.2) is 24.3 Å². The van der Waals surface area contributed by atoms with E-state index in [4.69, 9.17) is 0 Å². The Kier molecular flexibility index (Phi) is 3.49. The molecule has 0 aromatic heterocycles. The number of hydrogen-bond donors (Lipinski definition) is 1. The van der Waals surface area contributed by atoms with Crippen LogP contribution in [0, 0.1) is 16.7 Å². The molecule has 1 aliphatic carbocycles. The molecule has 1 aliphatic rings. The molecule has 0 spiro atoms. The molecular weight excluding hydrogens is 208 g/mol. The van der Waals surface area contributed by atoms with Crippen molar-refractivity contribution in [1.29, 1.82) is 5.26 Å². The van der Waals surface area contributed by atoms with E-state index < -0.39 is 0 Å². The van der Waals surface area contributed by atoms with E-state index in [1.54, 1.807) is 0 Å². The zero-order valence-electron chi connectivity index (χ0n) is 10.7. The van der Waals surface area contributed by atoms with Crippen molar-refractivity contribution in [3.8, 4) is 6.07 Å². The average molecular weight is 228 g/mol. The van der Waals surface area contributed by atoms with E-state index in [0.717, 1.165) is 19.3 Å². The molecule has 0 amide bonds. The lowest BCUT2D eigenvalue weighted by Crippen LogP contribution is -2.40. The molecule has 1 fully saturated rings. The maximum Gasteiger partial charge on any atom is 0.0768 e. The summed E-state index contributed by atoms with van der Waals surface area (Å²) in [4.78, 5) is 0. The third-order valence-electron chi connectivity index (χ3n) is 4.03. The van der Waals surface area contributed by atoms with Gasteiger partial charge in [-0.1, -0.05) is 37.6 Å². The van der Waals surface area contributed by atoms with Crippen molar-refractivity contribution in [3.05, 3.63) is 35.4 Å². The van der Waals surface area contributed by atoms with Gasteiger partial charge in [-0.2, -0.15) is 5.26 Å². The first-order valence-electron chi connectivity index (χ1n) is 6.43. The normalized spacial score (nSPS) is 19.1. The van der Waals surface area contributed by atoms with Gasteiger partial charge in [-0.15, -0.1) is 0 Å². The lowest BCUT2D eigenvalue weighted by molar-refractivity contribution is 0.149. The van der Waals surface area contributed by atoms with Crippen molar-refractivity contribution in [2.45, 2.75) is 38.6 Å². The zero-order valence-corrected chi connectivity index (χ0v) is 10.7. The minimum absolute atomic E-state index is 0.173. The highest BCUT2D eigenvalue weighted by Crippen LogP contribution is 2.49. The highest BCUT2D eigenvalue weighted by molar-refractivity contribution is 5.29. The molecule has 1 atom stereocenters. The summed E-state index contributed by atoms with van der Waals surface area (Å²) in [5, 5.41) is 12.7. The van der Waals surface area contributed by atoms with Crippen molar-refractivity contribution < 1.29 is 0 Å². The van der Waals surface area contributed by atoms with Crippen LogP contribution in [0.5, 0.6) is 0 Å². The summed E-state index contributed by atoms with van der Waals surface area (Å²) in [5.41, 5.74) is 2.41. The van der Waals surface area contributed by atoms with Crippen molar-refractivity contribution in [2.24, 2.45) is 5.41 Å². The molecule has 1 saturated carbocycles. The van der Waals surface area contributed by atoms with Crippen LogP contribution in [0.4, 0.5) is 0 Å². The molecule has 90 valence electrons. The summed E-state index contributed by atoms with van der Waals surface area (Å²) in [5.74, 6) is 0. The van der Waals surface area contributed by atoms with E-state index in [9.17, 15) is 5.26 Å². The molecule has 0 aliphatic heterocycles. The molecule has 1 N–H and O–H groups in total. The third-order valence-corrected chi connectivity index (χ3v) is 4.03. The first kappa shape index (κ1) is 12.1. The highest BCUT2D eigenvalue weighted by Gasteiger charge is 2.44. The Hall–Kier alpha value is -1.33. The molecule has 0 heterocycles. The van der Waals surface area contributed by atoms with E-state index >= 15 is 0 Å². The quantitative estimate of drug-likeness (QED) is 0.859. The van der Waals surface area contributed by atoms with E-state index in [1.807, 2.05) is 7.05 Å². The van der Waals surface area contributed by atoms with Crippen LogP contribution >= 0.6 is 0 Å². The molecule has 0 radical (unpaired) electrons. The second-order valence-corrected chi connectivity index (χ2v) is 4.94. The Labute approximate surface area is 104 Å². The number of benzene rings is 1. The molecule has 2 nitrogen and oxygen atoms in total. The summed E-state index contributed by atoms with van der Waals surface area (Å²) in [6, 6.07) is 11.4. The summed E-state index contributed by atoms with van der Waals surface area (Å²) in [6.45, 7) is 2.16. The Balaban J connectivity index is 2.26. The van der Waals surface area contributed by atoms with Gasteiger partial charge in [0.05, 0.1) is 17.5 Å². The van der Waals surface area contributed by atoms with Gasteiger partial charge in [-0.3, -0.25) is 0 Å². The van der Waals surface area contributed by atoms with Gasteiger partial charge in [-0.25, -0.2) is 0 Å². The van der Waals surface area contributed by atoms with Gasteiger partial charge in [0.1, 0.15) is 0 Å². The fourth-order valence-corrected chi connectivity index (χ4v) is 2.73. The maximum absolute atomic E-state index is 9.41. The first-order valence-corrected chi connectivity index (χ1v) is 6.43. The molecule has 1 aromatic carbocycles. The predicted molar refractivity (Wildman–Crippen MR) is 69.5 cm³/mol. The molecule has 0 bridgehead atoms. The average Bonchev–Trinajstić information content (AvgIpc) is 2.34. The SMILES string of the molecule is CCc1ccc(C(NC)C2(C#N)CCC2)cc1. The van der Waals surface area contributed by atoms with Gasteiger partial charge in [0, 0.05) is 0 Å². The number of aryl methyl sites for hydroxylation is 1. The van der Waals surface area contributed by atoms with Gasteiger partial charge in [0.15, 0.2) is 0 Å². The highest BCUT2D eigenvalue weighted by atomic mass is 14.9. The molecule has 2 heteroatoms. The van der Waals surface area contributed by atoms with Gasteiger partial charge in [0.2, 0.25) is 0 Å². The molecule has 1 unspecified atom stereocenters. The van der Waals surface area contributed by atoms with Gasteiger partial charge in [-0.05, 0) is 37.4 Å². The summed E-state index contributed by atoms with van der Waals surface area (Å²) >= 11 is 0. The second kappa shape index (κ2) is 4.89. The third kappa shape index (κ3) is 2.08. The number of nitrogens with one attached hydrogen (secondary N) is 1. The lowest BCUT2D eigenvalue weighted by Gasteiger charge is -2.42. The van der Waals surface area contributed by atoms with Crippen LogP contribution in [0.25, 0.3) is 0 Å². The Morgan fingerprint density at radius 2 is 2.00 bits per heavy atom. The fourth-order valence-electron chi connectivity index (χ4n) is 2.73. The van der Waals surface area contributed by atoms with Crippen LogP contribution in [-0.2, 0) is 6.42 Å². The van der Waals surface area contributed by atoms with Crippen LogP contribution in [0.2, 0.25) is 0 Å². The fraction of sp³-hybridized carbons (Fsp3) is 0.533. The maximum atomic E-state index is 9.41. The van der Waals surface area contributed by atoms with E-state index in [0.29, 0.717) is 0 Å². The molecule has 2 rings (SSSR count). The van der Waals surface area contributed by atoms with E-state index in [-0.39, 0.29) is 11.5 Å². The van der Waals surface area contributed by atoms with E-state index in [2.05, 4.69) is 42.6 Å². The van der Waals surface area contributed by atoms with Crippen molar-refractivity contribution in [1.82, 2.24) is 5.32 Å². The first-order chi connectivity index (χ1) is 8.25. The van der Waals surface area contributed by atoms with Gasteiger partial charge in [0.25, 0.3) is 0 Å². The van der Waals surface area contributed by atoms with Gasteiger partial charge >= 0.3 is 0 Å². The van der Waals surface area contributed by atoms with Crippen molar-refractivity contribution in [3.63, 3.8) is 0 Å². The largest absolute Gasteiger partial charge is 0.312 e. The summed E-state index contributed by atoms with van der Waals surface area (Å²) in [7, 11) is 1.95. The van der Waals surface area contributed by atoms with Crippen LogP contribution in [0.1, 0.15) is 43.4 Å². The molecule has 17 heavy (non-hydrogen) atoms. The summed E-state index contributed by atoms with van der Waals surface area (Å²) < 4.78 is 0. The lowest BCUT2D eigenvalue weighted by atomic mass is 9.63. The van der Waals surface area contributed by atoms with Crippen LogP contribution in [0.3, 0.4) is 0 Å². The molecule has 0 saturated heterocycles. The number of rotatable bonds is 4. The standard InChI is InChI=1S/C15H20N2/c1-3-12-5-7-13(8-6-12)14(17-2)15(11-16)9-4-10-15/h5-8,14,17H,3-4,9-10H2,1-2H3. The van der Waals surface area contributed by atoms with Gasteiger partial charge < -0.3 is 5.32 Å². The zero-order chi connectivity index (χ0) is 12.3. The number of hydrogen-bond acceptors (Lipinski definition) is 2. The monoisotopic (exact) mass is 228 g/mol.